The number of imide groups is 1. The zero-order valence-electron chi connectivity index (χ0n) is 18.0. The van der Waals surface area contributed by atoms with E-state index in [1.807, 2.05) is 12.1 Å². The van der Waals surface area contributed by atoms with E-state index in [-0.39, 0.29) is 36.5 Å². The standard InChI is InChI=1S/C24H24ClFN4O3/c25-21-3-1-2-16(27-21)13-29-8-6-14(7-9-29)17-10-15-12-30(24(33)18(15)11-19(17)26)20-4-5-22(31)28-23(20)32/h1-3,10-11,14,20H,4-9,12-13H2,(H,28,31,32). The van der Waals surface area contributed by atoms with Gasteiger partial charge < -0.3 is 4.90 Å². The summed E-state index contributed by atoms with van der Waals surface area (Å²) in [5.41, 5.74) is 2.60. The van der Waals surface area contributed by atoms with Crippen LogP contribution in [0.15, 0.2) is 30.3 Å². The molecule has 1 unspecified atom stereocenters. The van der Waals surface area contributed by atoms with Crippen LogP contribution in [0, 0.1) is 5.82 Å². The molecule has 1 N–H and O–H groups in total. The summed E-state index contributed by atoms with van der Waals surface area (Å²) in [5, 5.41) is 2.77. The lowest BCUT2D eigenvalue weighted by Gasteiger charge is -2.32. The number of piperidine rings is 2. The van der Waals surface area contributed by atoms with E-state index in [1.54, 1.807) is 12.1 Å². The van der Waals surface area contributed by atoms with Crippen molar-refractivity contribution in [2.24, 2.45) is 0 Å². The summed E-state index contributed by atoms with van der Waals surface area (Å²) in [5.74, 6) is -1.45. The maximum atomic E-state index is 15.1. The highest BCUT2D eigenvalue weighted by Crippen LogP contribution is 2.35. The molecule has 0 bridgehead atoms. The van der Waals surface area contributed by atoms with Gasteiger partial charge in [0, 0.05) is 25.1 Å². The number of hydrogen-bond donors (Lipinski definition) is 1. The van der Waals surface area contributed by atoms with Crippen LogP contribution in [0.2, 0.25) is 5.15 Å². The summed E-state index contributed by atoms with van der Waals surface area (Å²) in [4.78, 5) is 44.6. The van der Waals surface area contributed by atoms with Gasteiger partial charge in [-0.2, -0.15) is 0 Å². The third-order valence-corrected chi connectivity index (χ3v) is 7.04. The van der Waals surface area contributed by atoms with Gasteiger partial charge in [0.25, 0.3) is 5.91 Å². The first-order chi connectivity index (χ1) is 15.9. The van der Waals surface area contributed by atoms with E-state index >= 15 is 4.39 Å². The number of fused-ring (bicyclic) bond motifs is 1. The molecule has 2 saturated heterocycles. The molecule has 0 aliphatic carbocycles. The predicted octanol–water partition coefficient (Wildman–Crippen LogP) is 3.01. The maximum Gasteiger partial charge on any atom is 0.255 e. The van der Waals surface area contributed by atoms with E-state index in [0.29, 0.717) is 29.2 Å². The monoisotopic (exact) mass is 470 g/mol. The first-order valence-electron chi connectivity index (χ1n) is 11.2. The number of rotatable bonds is 4. The highest BCUT2D eigenvalue weighted by molar-refractivity contribution is 6.29. The molecule has 3 aliphatic rings. The summed E-state index contributed by atoms with van der Waals surface area (Å²) in [6.07, 6.45) is 2.10. The number of benzene rings is 1. The van der Waals surface area contributed by atoms with Crippen molar-refractivity contribution in [1.82, 2.24) is 20.1 Å². The van der Waals surface area contributed by atoms with Gasteiger partial charge in [-0.1, -0.05) is 23.7 Å². The number of nitrogens with zero attached hydrogens (tertiary/aromatic N) is 3. The van der Waals surface area contributed by atoms with Gasteiger partial charge >= 0.3 is 0 Å². The summed E-state index contributed by atoms with van der Waals surface area (Å²) < 4.78 is 15.1. The number of amides is 3. The van der Waals surface area contributed by atoms with E-state index < -0.39 is 11.9 Å². The fourth-order valence-electron chi connectivity index (χ4n) is 5.09. The first kappa shape index (κ1) is 22.0. The van der Waals surface area contributed by atoms with E-state index in [1.165, 1.54) is 11.0 Å². The fraction of sp³-hybridized carbons (Fsp3) is 0.417. The van der Waals surface area contributed by atoms with Gasteiger partial charge in [0.1, 0.15) is 17.0 Å². The Hall–Kier alpha value is -2.84. The minimum absolute atomic E-state index is 0.0682. The van der Waals surface area contributed by atoms with Gasteiger partial charge in [-0.05, 0) is 67.6 Å². The smallest absolute Gasteiger partial charge is 0.255 e. The second kappa shape index (κ2) is 8.83. The zero-order chi connectivity index (χ0) is 23.1. The van der Waals surface area contributed by atoms with E-state index in [4.69, 9.17) is 11.6 Å². The zero-order valence-corrected chi connectivity index (χ0v) is 18.8. The number of pyridine rings is 1. The van der Waals surface area contributed by atoms with Gasteiger partial charge in [0.15, 0.2) is 0 Å². The predicted molar refractivity (Wildman–Crippen MR) is 119 cm³/mol. The Morgan fingerprint density at radius 2 is 1.91 bits per heavy atom. The van der Waals surface area contributed by atoms with Crippen molar-refractivity contribution in [1.29, 1.82) is 0 Å². The van der Waals surface area contributed by atoms with Crippen LogP contribution >= 0.6 is 11.6 Å². The van der Waals surface area contributed by atoms with Crippen LogP contribution in [0.3, 0.4) is 0 Å². The van der Waals surface area contributed by atoms with E-state index in [2.05, 4.69) is 15.2 Å². The van der Waals surface area contributed by atoms with Gasteiger partial charge in [-0.15, -0.1) is 0 Å². The molecule has 172 valence electrons. The Bertz CT molecular complexity index is 1130. The van der Waals surface area contributed by atoms with Gasteiger partial charge in [-0.25, -0.2) is 9.37 Å². The number of halogens is 2. The number of hydrogen-bond acceptors (Lipinski definition) is 5. The molecule has 1 atom stereocenters. The molecule has 33 heavy (non-hydrogen) atoms. The quantitative estimate of drug-likeness (QED) is 0.548. The van der Waals surface area contributed by atoms with Crippen LogP contribution in [-0.4, -0.2) is 51.6 Å². The molecule has 4 heterocycles. The van der Waals surface area contributed by atoms with Crippen LogP contribution in [0.25, 0.3) is 0 Å². The van der Waals surface area contributed by atoms with Crippen molar-refractivity contribution in [2.75, 3.05) is 13.1 Å². The molecule has 2 aromatic rings. The molecule has 2 fully saturated rings. The molecule has 3 amide bonds. The lowest BCUT2D eigenvalue weighted by Crippen LogP contribution is -2.52. The van der Waals surface area contributed by atoms with Gasteiger partial charge in [0.05, 0.1) is 5.69 Å². The third kappa shape index (κ3) is 4.37. The van der Waals surface area contributed by atoms with Crippen molar-refractivity contribution in [3.8, 4) is 0 Å². The molecule has 5 rings (SSSR count). The van der Waals surface area contributed by atoms with Gasteiger partial charge in [0.2, 0.25) is 11.8 Å². The van der Waals surface area contributed by atoms with Crippen LogP contribution in [0.5, 0.6) is 0 Å². The van der Waals surface area contributed by atoms with E-state index in [9.17, 15) is 14.4 Å². The van der Waals surface area contributed by atoms with Crippen LogP contribution in [0.1, 0.15) is 58.8 Å². The number of aromatic nitrogens is 1. The molecule has 3 aliphatic heterocycles. The average molecular weight is 471 g/mol. The van der Waals surface area contributed by atoms with Crippen LogP contribution in [0.4, 0.5) is 4.39 Å². The van der Waals surface area contributed by atoms with Crippen molar-refractivity contribution in [3.05, 3.63) is 63.7 Å². The molecule has 1 aromatic heterocycles. The third-order valence-electron chi connectivity index (χ3n) is 6.83. The number of carbonyl (C=O) groups is 3. The fourth-order valence-corrected chi connectivity index (χ4v) is 5.27. The average Bonchev–Trinajstić information content (AvgIpc) is 3.09. The van der Waals surface area contributed by atoms with Crippen LogP contribution in [-0.2, 0) is 22.7 Å². The van der Waals surface area contributed by atoms with Crippen molar-refractivity contribution < 1.29 is 18.8 Å². The topological polar surface area (TPSA) is 82.6 Å². The number of likely N-dealkylation sites (tertiary alicyclic amines) is 1. The molecule has 0 saturated carbocycles. The summed E-state index contributed by atoms with van der Waals surface area (Å²) >= 11 is 5.98. The van der Waals surface area contributed by atoms with Crippen molar-refractivity contribution >= 4 is 29.3 Å². The Morgan fingerprint density at radius 1 is 1.12 bits per heavy atom. The second-order valence-electron chi connectivity index (χ2n) is 8.93. The SMILES string of the molecule is O=C1CCC(N2Cc3cc(C4CCN(Cc5cccc(Cl)n5)CC4)c(F)cc3C2=O)C(=O)N1. The minimum atomic E-state index is -0.697. The number of nitrogens with one attached hydrogen (secondary N) is 1. The molecule has 9 heteroatoms. The molecular formula is C24H24ClFN4O3. The largest absolute Gasteiger partial charge is 0.322 e. The maximum absolute atomic E-state index is 15.1. The number of carbonyl (C=O) groups excluding carboxylic acids is 3. The van der Waals surface area contributed by atoms with Crippen molar-refractivity contribution in [2.45, 2.75) is 50.7 Å². The Labute approximate surface area is 195 Å². The Balaban J connectivity index is 1.27. The van der Waals surface area contributed by atoms with Crippen molar-refractivity contribution in [3.63, 3.8) is 0 Å². The van der Waals surface area contributed by atoms with E-state index in [0.717, 1.165) is 37.2 Å². The Kier molecular flexibility index (Phi) is 5.88. The molecule has 1 aromatic carbocycles. The molecule has 0 spiro atoms. The minimum Gasteiger partial charge on any atom is -0.322 e. The van der Waals surface area contributed by atoms with Gasteiger partial charge in [-0.3, -0.25) is 24.6 Å². The first-order valence-corrected chi connectivity index (χ1v) is 11.6. The van der Waals surface area contributed by atoms with Crippen LogP contribution < -0.4 is 5.32 Å². The lowest BCUT2D eigenvalue weighted by atomic mass is 9.87. The second-order valence-corrected chi connectivity index (χ2v) is 9.32. The highest BCUT2D eigenvalue weighted by Gasteiger charge is 2.40. The highest BCUT2D eigenvalue weighted by atomic mass is 35.5. The summed E-state index contributed by atoms with van der Waals surface area (Å²) in [7, 11) is 0. The molecular weight excluding hydrogens is 447 g/mol. The normalized spacial score (nSPS) is 21.9. The lowest BCUT2D eigenvalue weighted by molar-refractivity contribution is -0.136. The molecule has 0 radical (unpaired) electrons. The Morgan fingerprint density at radius 3 is 2.64 bits per heavy atom. The molecule has 7 nitrogen and oxygen atoms in total. The summed E-state index contributed by atoms with van der Waals surface area (Å²) in [6, 6.07) is 8.01. The summed E-state index contributed by atoms with van der Waals surface area (Å²) in [6.45, 7) is 2.59.